The van der Waals surface area contributed by atoms with Crippen LogP contribution in [-0.4, -0.2) is 49.2 Å². The Kier molecular flexibility index (Phi) is 8.60. The summed E-state index contributed by atoms with van der Waals surface area (Å²) >= 11 is 0. The van der Waals surface area contributed by atoms with Gasteiger partial charge in [0.25, 0.3) is 0 Å². The Bertz CT molecular complexity index is 667. The topological polar surface area (TPSA) is 76.7 Å². The van der Waals surface area contributed by atoms with Crippen LogP contribution in [0.5, 0.6) is 0 Å². The molecule has 0 aliphatic carbocycles. The number of carbonyl (C=O) groups excluding carboxylic acids is 2. The third kappa shape index (κ3) is 7.29. The number of hydrogen-bond acceptors (Lipinski definition) is 3. The van der Waals surface area contributed by atoms with E-state index < -0.39 is 0 Å². The third-order valence-electron chi connectivity index (χ3n) is 4.36. The van der Waals surface area contributed by atoms with Crippen molar-refractivity contribution >= 4 is 23.4 Å². The van der Waals surface area contributed by atoms with Gasteiger partial charge in [-0.05, 0) is 64.8 Å². The maximum absolute atomic E-state index is 12.6. The van der Waals surface area contributed by atoms with Gasteiger partial charge in [-0.1, -0.05) is 6.92 Å². The summed E-state index contributed by atoms with van der Waals surface area (Å²) in [5, 5.41) is 8.68. The van der Waals surface area contributed by atoms with E-state index in [0.717, 1.165) is 17.7 Å². The largest absolute Gasteiger partial charge is 0.377 e. The summed E-state index contributed by atoms with van der Waals surface area (Å²) in [6.07, 6.45) is 0.861. The second kappa shape index (κ2) is 10.2. The van der Waals surface area contributed by atoms with Crippen molar-refractivity contribution in [3.05, 3.63) is 23.8 Å². The first-order valence-electron chi connectivity index (χ1n) is 9.92. The summed E-state index contributed by atoms with van der Waals surface area (Å²) in [5.41, 5.74) is 2.37. The molecule has 0 saturated carbocycles. The highest BCUT2D eigenvalue weighted by atomic mass is 16.2. The van der Waals surface area contributed by atoms with Crippen LogP contribution in [0, 0.1) is 0 Å². The van der Waals surface area contributed by atoms with Crippen LogP contribution in [0.2, 0.25) is 0 Å². The zero-order valence-electron chi connectivity index (χ0n) is 18.6. The van der Waals surface area contributed by atoms with Crippen molar-refractivity contribution in [2.45, 2.75) is 66.1 Å². The molecule has 0 aromatic heterocycles. The highest BCUT2D eigenvalue weighted by Gasteiger charge is 2.21. The molecule has 1 aromatic rings. The zero-order chi connectivity index (χ0) is 21.5. The Balaban J connectivity index is 3.15. The minimum absolute atomic E-state index is 0.0783. The van der Waals surface area contributed by atoms with E-state index in [-0.39, 0.29) is 23.6 Å². The van der Waals surface area contributed by atoms with Crippen LogP contribution in [0.1, 0.15) is 53.5 Å². The lowest BCUT2D eigenvalue weighted by Crippen LogP contribution is -2.44. The molecule has 0 spiro atoms. The molecule has 28 heavy (non-hydrogen) atoms. The predicted molar refractivity (Wildman–Crippen MR) is 117 cm³/mol. The lowest BCUT2D eigenvalue weighted by molar-refractivity contribution is 0.174. The van der Waals surface area contributed by atoms with E-state index in [1.54, 1.807) is 0 Å². The molecule has 0 heterocycles. The van der Waals surface area contributed by atoms with Gasteiger partial charge in [-0.2, -0.15) is 0 Å². The Morgan fingerprint density at radius 2 is 1.79 bits per heavy atom. The van der Waals surface area contributed by atoms with Crippen LogP contribution >= 0.6 is 0 Å². The van der Waals surface area contributed by atoms with Gasteiger partial charge < -0.3 is 25.8 Å². The lowest BCUT2D eigenvalue weighted by atomic mass is 10.1. The Labute approximate surface area is 169 Å². The fourth-order valence-corrected chi connectivity index (χ4v) is 2.81. The van der Waals surface area contributed by atoms with Gasteiger partial charge in [0.15, 0.2) is 0 Å². The first-order valence-corrected chi connectivity index (χ1v) is 9.92. The number of anilines is 2. The van der Waals surface area contributed by atoms with Crippen molar-refractivity contribution in [3.63, 3.8) is 0 Å². The molecule has 0 aliphatic heterocycles. The van der Waals surface area contributed by atoms with E-state index in [9.17, 15) is 9.59 Å². The summed E-state index contributed by atoms with van der Waals surface area (Å²) in [6.45, 7) is 12.9. The van der Waals surface area contributed by atoms with Crippen molar-refractivity contribution in [2.75, 3.05) is 30.9 Å². The predicted octanol–water partition coefficient (Wildman–Crippen LogP) is 4.00. The first kappa shape index (κ1) is 23.6. The first-order chi connectivity index (χ1) is 13.0. The number of benzene rings is 1. The monoisotopic (exact) mass is 391 g/mol. The minimum Gasteiger partial charge on any atom is -0.377 e. The molecule has 7 heteroatoms. The van der Waals surface area contributed by atoms with Gasteiger partial charge in [0, 0.05) is 50.1 Å². The van der Waals surface area contributed by atoms with Gasteiger partial charge in [-0.25, -0.2) is 9.59 Å². The van der Waals surface area contributed by atoms with E-state index in [1.807, 2.05) is 76.7 Å². The molecule has 0 fully saturated rings. The Morgan fingerprint density at radius 3 is 2.29 bits per heavy atom. The molecule has 1 aromatic carbocycles. The second-order valence-electron chi connectivity index (χ2n) is 8.29. The van der Waals surface area contributed by atoms with Gasteiger partial charge in [0.1, 0.15) is 0 Å². The number of hydrogen-bond donors (Lipinski definition) is 3. The molecule has 0 bridgehead atoms. The van der Waals surface area contributed by atoms with Crippen LogP contribution in [-0.2, 0) is 6.54 Å². The summed E-state index contributed by atoms with van der Waals surface area (Å²) < 4.78 is 0. The zero-order valence-corrected chi connectivity index (χ0v) is 18.6. The van der Waals surface area contributed by atoms with Gasteiger partial charge in [0.2, 0.25) is 0 Å². The van der Waals surface area contributed by atoms with Crippen molar-refractivity contribution in [3.8, 4) is 0 Å². The summed E-state index contributed by atoms with van der Waals surface area (Å²) in [4.78, 5) is 28.6. The third-order valence-corrected chi connectivity index (χ3v) is 4.36. The van der Waals surface area contributed by atoms with Crippen LogP contribution in [0.25, 0.3) is 0 Å². The SMILES string of the molecule is CCNC(=O)N(Cc1cc(NC(=O)NC(C)(C)C)ccc1N(C)C)[C@@H](C)CC. The van der Waals surface area contributed by atoms with Crippen molar-refractivity contribution < 1.29 is 9.59 Å². The van der Waals surface area contributed by atoms with Crippen molar-refractivity contribution in [2.24, 2.45) is 0 Å². The summed E-state index contributed by atoms with van der Waals surface area (Å²) in [6, 6.07) is 5.55. The average Bonchev–Trinajstić information content (AvgIpc) is 2.57. The van der Waals surface area contributed by atoms with E-state index >= 15 is 0 Å². The molecular formula is C21H37N5O2. The molecule has 1 rings (SSSR count). The molecule has 4 amide bonds. The Hall–Kier alpha value is -2.44. The van der Waals surface area contributed by atoms with Gasteiger partial charge in [0.05, 0.1) is 0 Å². The van der Waals surface area contributed by atoms with Gasteiger partial charge >= 0.3 is 12.1 Å². The van der Waals surface area contributed by atoms with Crippen molar-refractivity contribution in [1.29, 1.82) is 0 Å². The standard InChI is InChI=1S/C21H37N5O2/c1-9-15(3)26(20(28)22-10-2)14-16-13-17(11-12-18(16)25(7)8)23-19(27)24-21(4,5)6/h11-13,15H,9-10,14H2,1-8H3,(H,22,28)(H2,23,24,27)/t15-/m0/s1. The fraction of sp³-hybridized carbons (Fsp3) is 0.619. The second-order valence-corrected chi connectivity index (χ2v) is 8.29. The molecule has 0 aliphatic rings. The number of urea groups is 2. The van der Waals surface area contributed by atoms with E-state index in [1.165, 1.54) is 0 Å². The highest BCUT2D eigenvalue weighted by Crippen LogP contribution is 2.25. The number of nitrogens with one attached hydrogen (secondary N) is 3. The lowest BCUT2D eigenvalue weighted by Gasteiger charge is -2.30. The maximum Gasteiger partial charge on any atom is 0.319 e. The molecular weight excluding hydrogens is 354 g/mol. The van der Waals surface area contributed by atoms with Crippen LogP contribution in [0.15, 0.2) is 18.2 Å². The molecule has 0 unspecified atom stereocenters. The molecule has 0 saturated heterocycles. The number of amides is 4. The minimum atomic E-state index is -0.317. The average molecular weight is 392 g/mol. The number of carbonyl (C=O) groups is 2. The number of nitrogens with zero attached hydrogens (tertiary/aromatic N) is 2. The Morgan fingerprint density at radius 1 is 1.14 bits per heavy atom. The van der Waals surface area contributed by atoms with E-state index in [2.05, 4.69) is 22.9 Å². The van der Waals surface area contributed by atoms with E-state index in [0.29, 0.717) is 18.8 Å². The molecule has 1 atom stereocenters. The summed E-state index contributed by atoms with van der Waals surface area (Å²) in [7, 11) is 3.94. The number of rotatable bonds is 7. The maximum atomic E-state index is 12.6. The van der Waals surface area contributed by atoms with Crippen LogP contribution < -0.4 is 20.9 Å². The molecule has 7 nitrogen and oxygen atoms in total. The van der Waals surface area contributed by atoms with Gasteiger partial charge in [-0.15, -0.1) is 0 Å². The van der Waals surface area contributed by atoms with E-state index in [4.69, 9.17) is 0 Å². The fourth-order valence-electron chi connectivity index (χ4n) is 2.81. The highest BCUT2D eigenvalue weighted by molar-refractivity contribution is 5.90. The van der Waals surface area contributed by atoms with Gasteiger partial charge in [-0.3, -0.25) is 0 Å². The van der Waals surface area contributed by atoms with Crippen molar-refractivity contribution in [1.82, 2.24) is 15.5 Å². The normalized spacial score (nSPS) is 12.1. The van der Waals surface area contributed by atoms with Crippen LogP contribution in [0.4, 0.5) is 21.0 Å². The molecule has 0 radical (unpaired) electrons. The quantitative estimate of drug-likeness (QED) is 0.657. The summed E-state index contributed by atoms with van der Waals surface area (Å²) in [5.74, 6) is 0. The smallest absolute Gasteiger partial charge is 0.319 e. The van der Waals surface area contributed by atoms with Crippen LogP contribution in [0.3, 0.4) is 0 Å². The molecule has 3 N–H and O–H groups in total. The molecule has 158 valence electrons.